The van der Waals surface area contributed by atoms with Crippen LogP contribution in [0.25, 0.3) is 0 Å². The summed E-state index contributed by atoms with van der Waals surface area (Å²) in [5.41, 5.74) is 1.33. The predicted molar refractivity (Wildman–Crippen MR) is 101 cm³/mol. The van der Waals surface area contributed by atoms with Crippen molar-refractivity contribution >= 4 is 17.7 Å². The van der Waals surface area contributed by atoms with Crippen molar-refractivity contribution in [2.24, 2.45) is 5.41 Å². The van der Waals surface area contributed by atoms with Crippen LogP contribution in [0.3, 0.4) is 0 Å². The largest absolute Gasteiger partial charge is 0.354 e. The van der Waals surface area contributed by atoms with E-state index in [1.807, 2.05) is 30.0 Å². The summed E-state index contributed by atoms with van der Waals surface area (Å²) >= 11 is 1.98. The summed E-state index contributed by atoms with van der Waals surface area (Å²) in [7, 11) is 0. The molecule has 1 amide bonds. The second kappa shape index (κ2) is 8.37. The van der Waals surface area contributed by atoms with E-state index in [1.54, 1.807) is 0 Å². The molecule has 2 aliphatic rings. The van der Waals surface area contributed by atoms with Crippen LogP contribution in [0.1, 0.15) is 31.4 Å². The zero-order valence-electron chi connectivity index (χ0n) is 14.6. The van der Waals surface area contributed by atoms with E-state index in [2.05, 4.69) is 34.6 Å². The molecule has 2 aliphatic heterocycles. The van der Waals surface area contributed by atoms with Gasteiger partial charge in [0.1, 0.15) is 6.04 Å². The quantitative estimate of drug-likeness (QED) is 0.858. The Kier molecular flexibility index (Phi) is 6.19. The first-order valence-electron chi connectivity index (χ1n) is 9.03. The van der Waals surface area contributed by atoms with Gasteiger partial charge in [-0.05, 0) is 36.9 Å². The molecule has 1 unspecified atom stereocenters. The van der Waals surface area contributed by atoms with Crippen LogP contribution in [0.5, 0.6) is 0 Å². The summed E-state index contributed by atoms with van der Waals surface area (Å²) in [5, 5.41) is 6.68. The number of carbonyl (C=O) groups excluding carboxylic acids is 1. The Bertz CT molecular complexity index is 525. The summed E-state index contributed by atoms with van der Waals surface area (Å²) in [6, 6.07) is 10.1. The second-order valence-corrected chi connectivity index (χ2v) is 8.46. The molecule has 3 rings (SSSR count). The predicted octanol–water partition coefficient (Wildman–Crippen LogP) is 2.28. The van der Waals surface area contributed by atoms with Crippen molar-refractivity contribution in [1.29, 1.82) is 0 Å². The first-order chi connectivity index (χ1) is 11.7. The van der Waals surface area contributed by atoms with Gasteiger partial charge in [-0.1, -0.05) is 37.3 Å². The van der Waals surface area contributed by atoms with Gasteiger partial charge >= 0.3 is 0 Å². The van der Waals surface area contributed by atoms with Crippen molar-refractivity contribution in [1.82, 2.24) is 15.5 Å². The van der Waals surface area contributed by atoms with Crippen LogP contribution >= 0.6 is 11.8 Å². The molecule has 2 fully saturated rings. The molecule has 2 heterocycles. The van der Waals surface area contributed by atoms with Crippen LogP contribution in [-0.4, -0.2) is 55.0 Å². The zero-order valence-corrected chi connectivity index (χ0v) is 15.4. The lowest BCUT2D eigenvalue weighted by Crippen LogP contribution is -2.48. The Morgan fingerprint density at radius 3 is 2.58 bits per heavy atom. The van der Waals surface area contributed by atoms with Gasteiger partial charge in [0.2, 0.25) is 5.91 Å². The number of carbonyl (C=O) groups is 1. The molecule has 0 bridgehead atoms. The molecular weight excluding hydrogens is 318 g/mol. The Morgan fingerprint density at radius 2 is 1.92 bits per heavy atom. The number of nitrogens with zero attached hydrogens (tertiary/aromatic N) is 1. The third-order valence-corrected chi connectivity index (χ3v) is 6.22. The van der Waals surface area contributed by atoms with Crippen molar-refractivity contribution in [3.05, 3.63) is 35.9 Å². The van der Waals surface area contributed by atoms with E-state index in [9.17, 15) is 4.79 Å². The average Bonchev–Trinajstić information content (AvgIpc) is 2.63. The molecular formula is C19H29N3OS. The van der Waals surface area contributed by atoms with Gasteiger partial charge in [0, 0.05) is 31.1 Å². The smallest absolute Gasteiger partial charge is 0.241 e. The first-order valence-corrected chi connectivity index (χ1v) is 10.2. The molecule has 0 radical (unpaired) electrons. The highest BCUT2D eigenvalue weighted by Crippen LogP contribution is 2.28. The van der Waals surface area contributed by atoms with E-state index in [4.69, 9.17) is 0 Å². The highest BCUT2D eigenvalue weighted by molar-refractivity contribution is 7.99. The summed E-state index contributed by atoms with van der Waals surface area (Å²) < 4.78 is 0. The molecule has 2 N–H and O–H groups in total. The maximum absolute atomic E-state index is 13.1. The van der Waals surface area contributed by atoms with Crippen LogP contribution in [0.4, 0.5) is 0 Å². The molecule has 0 saturated carbocycles. The lowest BCUT2D eigenvalue weighted by Gasteiger charge is -2.37. The van der Waals surface area contributed by atoms with Crippen LogP contribution in [0.15, 0.2) is 30.3 Å². The van der Waals surface area contributed by atoms with Crippen molar-refractivity contribution in [2.75, 3.05) is 44.2 Å². The van der Waals surface area contributed by atoms with Crippen molar-refractivity contribution in [3.63, 3.8) is 0 Å². The van der Waals surface area contributed by atoms with Gasteiger partial charge in [0.15, 0.2) is 0 Å². The number of hydrogen-bond donors (Lipinski definition) is 2. The maximum Gasteiger partial charge on any atom is 0.241 e. The molecule has 24 heavy (non-hydrogen) atoms. The number of nitrogens with one attached hydrogen (secondary N) is 2. The average molecular weight is 348 g/mol. The van der Waals surface area contributed by atoms with Crippen LogP contribution in [0.2, 0.25) is 0 Å². The summed E-state index contributed by atoms with van der Waals surface area (Å²) in [6.07, 6.45) is 2.26. The van der Waals surface area contributed by atoms with Gasteiger partial charge in [-0.25, -0.2) is 0 Å². The summed E-state index contributed by atoms with van der Waals surface area (Å²) in [6.45, 7) is 7.15. The second-order valence-electron chi connectivity index (χ2n) is 7.24. The monoisotopic (exact) mass is 347 g/mol. The topological polar surface area (TPSA) is 44.4 Å². The van der Waals surface area contributed by atoms with Gasteiger partial charge in [0.25, 0.3) is 0 Å². The molecule has 0 aromatic heterocycles. The zero-order chi connectivity index (χ0) is 16.8. The molecule has 1 atom stereocenters. The molecule has 1 aromatic carbocycles. The fourth-order valence-electron chi connectivity index (χ4n) is 3.60. The van der Waals surface area contributed by atoms with Crippen molar-refractivity contribution < 1.29 is 4.79 Å². The number of rotatable bonds is 5. The van der Waals surface area contributed by atoms with E-state index in [0.717, 1.165) is 62.6 Å². The molecule has 0 spiro atoms. The standard InChI is InChI=1S/C19H29N3OS/c1-19(7-9-20-10-8-19)15-21-18(23)17(16-5-3-2-4-6-16)22-11-13-24-14-12-22/h2-6,17,20H,7-15H2,1H3,(H,21,23). The minimum atomic E-state index is -0.155. The minimum Gasteiger partial charge on any atom is -0.354 e. The Labute approximate surface area is 149 Å². The highest BCUT2D eigenvalue weighted by atomic mass is 32.2. The fourth-order valence-corrected chi connectivity index (χ4v) is 4.53. The van der Waals surface area contributed by atoms with E-state index in [1.165, 1.54) is 0 Å². The lowest BCUT2D eigenvalue weighted by atomic mass is 9.81. The minimum absolute atomic E-state index is 0.155. The van der Waals surface area contributed by atoms with Crippen molar-refractivity contribution in [2.45, 2.75) is 25.8 Å². The Balaban J connectivity index is 1.68. The Hall–Kier alpha value is -1.04. The van der Waals surface area contributed by atoms with E-state index >= 15 is 0 Å². The molecule has 5 heteroatoms. The number of thioether (sulfide) groups is 1. The third-order valence-electron chi connectivity index (χ3n) is 5.27. The summed E-state index contributed by atoms with van der Waals surface area (Å²) in [4.78, 5) is 15.4. The van der Waals surface area contributed by atoms with Crippen molar-refractivity contribution in [3.8, 4) is 0 Å². The number of hydrogen-bond acceptors (Lipinski definition) is 4. The lowest BCUT2D eigenvalue weighted by molar-refractivity contribution is -0.127. The SMILES string of the molecule is CC1(CNC(=O)C(c2ccccc2)N2CCSCC2)CCNCC1. The van der Waals surface area contributed by atoms with Gasteiger partial charge in [-0.15, -0.1) is 0 Å². The molecule has 4 nitrogen and oxygen atoms in total. The third kappa shape index (κ3) is 4.52. The van der Waals surface area contributed by atoms with Gasteiger partial charge < -0.3 is 10.6 Å². The fraction of sp³-hybridized carbons (Fsp3) is 0.632. The van der Waals surface area contributed by atoms with Crippen LogP contribution in [-0.2, 0) is 4.79 Å². The molecule has 2 saturated heterocycles. The first kappa shape index (κ1) is 17.8. The number of amides is 1. The Morgan fingerprint density at radius 1 is 1.25 bits per heavy atom. The van der Waals surface area contributed by atoms with E-state index < -0.39 is 0 Å². The highest BCUT2D eigenvalue weighted by Gasteiger charge is 2.32. The molecule has 132 valence electrons. The molecule has 1 aromatic rings. The number of piperidine rings is 1. The van der Waals surface area contributed by atoms with E-state index in [0.29, 0.717) is 0 Å². The maximum atomic E-state index is 13.1. The van der Waals surface area contributed by atoms with Gasteiger partial charge in [-0.3, -0.25) is 9.69 Å². The normalized spacial score (nSPS) is 22.7. The van der Waals surface area contributed by atoms with Gasteiger partial charge in [0.05, 0.1) is 0 Å². The summed E-state index contributed by atoms with van der Waals surface area (Å²) in [5.74, 6) is 2.38. The van der Waals surface area contributed by atoms with Crippen LogP contribution in [0, 0.1) is 5.41 Å². The van der Waals surface area contributed by atoms with Crippen LogP contribution < -0.4 is 10.6 Å². The van der Waals surface area contributed by atoms with E-state index in [-0.39, 0.29) is 17.4 Å². The number of benzene rings is 1. The van der Waals surface area contributed by atoms with Gasteiger partial charge in [-0.2, -0.15) is 11.8 Å². The molecule has 0 aliphatic carbocycles.